The van der Waals surface area contributed by atoms with Crippen molar-refractivity contribution in [2.45, 2.75) is 59.5 Å². The van der Waals surface area contributed by atoms with Crippen LogP contribution in [0.3, 0.4) is 0 Å². The third-order valence-corrected chi connectivity index (χ3v) is 5.29. The number of hydrogen-bond acceptors (Lipinski definition) is 1. The largest absolute Gasteiger partial charge is 0.381 e. The first-order chi connectivity index (χ1) is 7.98. The standard InChI is InChI=1S/C16H28O/c1-11-7-6-8-12(2)15(17-5)14-13(10-9-11)16(14,3)4/h7,12-15H,6,8-10H2,1-5H3/b11-7+/t12-,13+,14+,15?/m0/s1. The van der Waals surface area contributed by atoms with Crippen molar-refractivity contribution < 1.29 is 4.74 Å². The summed E-state index contributed by atoms with van der Waals surface area (Å²) < 4.78 is 5.83. The van der Waals surface area contributed by atoms with E-state index in [9.17, 15) is 0 Å². The van der Waals surface area contributed by atoms with Gasteiger partial charge in [-0.25, -0.2) is 0 Å². The van der Waals surface area contributed by atoms with Gasteiger partial charge < -0.3 is 4.74 Å². The fourth-order valence-electron chi connectivity index (χ4n) is 3.97. The molecule has 0 bridgehead atoms. The van der Waals surface area contributed by atoms with E-state index in [2.05, 4.69) is 33.8 Å². The number of ether oxygens (including phenoxy) is 1. The first-order valence-corrected chi connectivity index (χ1v) is 7.17. The van der Waals surface area contributed by atoms with Crippen LogP contribution in [0.15, 0.2) is 11.6 Å². The van der Waals surface area contributed by atoms with Gasteiger partial charge >= 0.3 is 0 Å². The van der Waals surface area contributed by atoms with E-state index in [0.29, 0.717) is 17.4 Å². The fourth-order valence-corrected chi connectivity index (χ4v) is 3.97. The lowest BCUT2D eigenvalue weighted by atomic mass is 9.90. The lowest BCUT2D eigenvalue weighted by Gasteiger charge is -2.24. The highest BCUT2D eigenvalue weighted by Crippen LogP contribution is 2.63. The van der Waals surface area contributed by atoms with Gasteiger partial charge in [0.25, 0.3) is 0 Å². The molecule has 98 valence electrons. The highest BCUT2D eigenvalue weighted by molar-refractivity contribution is 5.11. The molecule has 1 saturated carbocycles. The Morgan fingerprint density at radius 2 is 2.00 bits per heavy atom. The van der Waals surface area contributed by atoms with Crippen LogP contribution < -0.4 is 0 Å². The van der Waals surface area contributed by atoms with Gasteiger partial charge in [0, 0.05) is 7.11 Å². The molecule has 1 heteroatoms. The van der Waals surface area contributed by atoms with Gasteiger partial charge in [-0.05, 0) is 55.8 Å². The fraction of sp³-hybridized carbons (Fsp3) is 0.875. The predicted molar refractivity (Wildman–Crippen MR) is 72.9 cm³/mol. The normalized spacial score (nSPS) is 44.4. The van der Waals surface area contributed by atoms with Gasteiger partial charge in [0.2, 0.25) is 0 Å². The second-order valence-corrected chi connectivity index (χ2v) is 6.80. The molecule has 0 heterocycles. The van der Waals surface area contributed by atoms with Gasteiger partial charge in [0.05, 0.1) is 6.10 Å². The van der Waals surface area contributed by atoms with Crippen molar-refractivity contribution in [3.05, 3.63) is 11.6 Å². The van der Waals surface area contributed by atoms with Gasteiger partial charge in [0.15, 0.2) is 0 Å². The average molecular weight is 236 g/mol. The van der Waals surface area contributed by atoms with Crippen LogP contribution >= 0.6 is 0 Å². The zero-order chi connectivity index (χ0) is 12.6. The molecule has 0 N–H and O–H groups in total. The Labute approximate surface area is 107 Å². The molecular formula is C16H28O. The Hall–Kier alpha value is -0.300. The second kappa shape index (κ2) is 4.76. The first-order valence-electron chi connectivity index (χ1n) is 7.17. The zero-order valence-electron chi connectivity index (χ0n) is 12.1. The summed E-state index contributed by atoms with van der Waals surface area (Å²) in [7, 11) is 1.90. The maximum absolute atomic E-state index is 5.83. The van der Waals surface area contributed by atoms with Crippen LogP contribution in [0.4, 0.5) is 0 Å². The molecule has 0 aromatic carbocycles. The minimum absolute atomic E-state index is 0.474. The average Bonchev–Trinajstić information content (AvgIpc) is 2.79. The van der Waals surface area contributed by atoms with Crippen molar-refractivity contribution in [1.29, 1.82) is 0 Å². The van der Waals surface area contributed by atoms with Crippen molar-refractivity contribution in [2.75, 3.05) is 7.11 Å². The van der Waals surface area contributed by atoms with E-state index in [1.807, 2.05) is 7.11 Å². The van der Waals surface area contributed by atoms with Crippen LogP contribution in [-0.2, 0) is 4.74 Å². The lowest BCUT2D eigenvalue weighted by Crippen LogP contribution is -2.25. The molecule has 0 aromatic heterocycles. The summed E-state index contributed by atoms with van der Waals surface area (Å²) in [5.74, 6) is 2.35. The zero-order valence-corrected chi connectivity index (χ0v) is 12.1. The van der Waals surface area contributed by atoms with Crippen LogP contribution in [0.1, 0.15) is 53.4 Å². The summed E-state index contributed by atoms with van der Waals surface area (Å²) in [6.45, 7) is 9.52. The summed E-state index contributed by atoms with van der Waals surface area (Å²) in [6.07, 6.45) is 8.06. The summed E-state index contributed by atoms with van der Waals surface area (Å²) in [5, 5.41) is 0. The summed E-state index contributed by atoms with van der Waals surface area (Å²) in [4.78, 5) is 0. The van der Waals surface area contributed by atoms with E-state index in [1.165, 1.54) is 25.7 Å². The molecule has 1 unspecified atom stereocenters. The highest BCUT2D eigenvalue weighted by Gasteiger charge is 2.61. The Kier molecular flexibility index (Phi) is 3.68. The summed E-state index contributed by atoms with van der Waals surface area (Å²) >= 11 is 0. The number of methoxy groups -OCH3 is 1. The lowest BCUT2D eigenvalue weighted by molar-refractivity contribution is 0.0266. The molecule has 4 atom stereocenters. The van der Waals surface area contributed by atoms with Gasteiger partial charge in [-0.1, -0.05) is 32.4 Å². The van der Waals surface area contributed by atoms with Crippen LogP contribution in [0.25, 0.3) is 0 Å². The van der Waals surface area contributed by atoms with E-state index in [-0.39, 0.29) is 0 Å². The Bertz CT molecular complexity index is 303. The molecule has 0 radical (unpaired) electrons. The molecule has 1 nitrogen and oxygen atoms in total. The highest BCUT2D eigenvalue weighted by atomic mass is 16.5. The van der Waals surface area contributed by atoms with Gasteiger partial charge in [0.1, 0.15) is 0 Å². The number of rotatable bonds is 1. The van der Waals surface area contributed by atoms with Crippen LogP contribution in [-0.4, -0.2) is 13.2 Å². The molecule has 2 aliphatic carbocycles. The summed E-state index contributed by atoms with van der Waals surface area (Å²) in [6, 6.07) is 0. The van der Waals surface area contributed by atoms with Crippen molar-refractivity contribution >= 4 is 0 Å². The number of fused-ring (bicyclic) bond motifs is 1. The SMILES string of the molecule is COC1[C@@H](C)CC/C=C(\C)CC[C@@H]2[C@H]1C2(C)C. The minimum atomic E-state index is 0.474. The Balaban J connectivity index is 2.15. The molecule has 0 aromatic rings. The molecule has 0 amide bonds. The smallest absolute Gasteiger partial charge is 0.0633 e. The molecule has 2 rings (SSSR count). The topological polar surface area (TPSA) is 9.23 Å². The Morgan fingerprint density at radius 3 is 2.65 bits per heavy atom. The maximum atomic E-state index is 5.83. The third kappa shape index (κ3) is 2.45. The van der Waals surface area contributed by atoms with E-state index in [0.717, 1.165) is 11.8 Å². The van der Waals surface area contributed by atoms with Crippen LogP contribution in [0, 0.1) is 23.2 Å². The molecule has 17 heavy (non-hydrogen) atoms. The minimum Gasteiger partial charge on any atom is -0.381 e. The Morgan fingerprint density at radius 1 is 1.29 bits per heavy atom. The van der Waals surface area contributed by atoms with Crippen LogP contribution in [0.2, 0.25) is 0 Å². The molecule has 2 aliphatic rings. The maximum Gasteiger partial charge on any atom is 0.0633 e. The van der Waals surface area contributed by atoms with Crippen molar-refractivity contribution in [3.63, 3.8) is 0 Å². The second-order valence-electron chi connectivity index (χ2n) is 6.80. The predicted octanol–water partition coefficient (Wildman–Crippen LogP) is 4.43. The van der Waals surface area contributed by atoms with Gasteiger partial charge in [-0.3, -0.25) is 0 Å². The van der Waals surface area contributed by atoms with E-state index in [1.54, 1.807) is 5.57 Å². The molecule has 1 fully saturated rings. The molecule has 0 spiro atoms. The summed E-state index contributed by atoms with van der Waals surface area (Å²) in [5.41, 5.74) is 2.09. The quantitative estimate of drug-likeness (QED) is 0.612. The monoisotopic (exact) mass is 236 g/mol. The van der Waals surface area contributed by atoms with Crippen molar-refractivity contribution in [1.82, 2.24) is 0 Å². The van der Waals surface area contributed by atoms with E-state index < -0.39 is 0 Å². The third-order valence-electron chi connectivity index (χ3n) is 5.29. The van der Waals surface area contributed by atoms with E-state index >= 15 is 0 Å². The van der Waals surface area contributed by atoms with E-state index in [4.69, 9.17) is 4.74 Å². The van der Waals surface area contributed by atoms with Crippen molar-refractivity contribution in [3.8, 4) is 0 Å². The molecular weight excluding hydrogens is 208 g/mol. The van der Waals surface area contributed by atoms with Gasteiger partial charge in [-0.2, -0.15) is 0 Å². The molecule has 0 aliphatic heterocycles. The number of allylic oxidation sites excluding steroid dienone is 2. The van der Waals surface area contributed by atoms with Gasteiger partial charge in [-0.15, -0.1) is 0 Å². The molecule has 0 saturated heterocycles. The first kappa shape index (κ1) is 13.1. The van der Waals surface area contributed by atoms with Crippen molar-refractivity contribution in [2.24, 2.45) is 23.2 Å². The number of hydrogen-bond donors (Lipinski definition) is 0. The van der Waals surface area contributed by atoms with Crippen LogP contribution in [0.5, 0.6) is 0 Å².